The van der Waals surface area contributed by atoms with E-state index in [0.717, 1.165) is 53.7 Å². The predicted molar refractivity (Wildman–Crippen MR) is 126 cm³/mol. The van der Waals surface area contributed by atoms with Crippen LogP contribution in [0.1, 0.15) is 30.3 Å². The van der Waals surface area contributed by atoms with E-state index in [0.29, 0.717) is 12.3 Å². The number of amides is 1. The van der Waals surface area contributed by atoms with Crippen LogP contribution in [-0.4, -0.2) is 36.6 Å². The number of pyridine rings is 1. The molecule has 2 aromatic carbocycles. The number of halogens is 2. The molecular weight excluding hydrogens is 421 g/mol. The van der Waals surface area contributed by atoms with Crippen molar-refractivity contribution >= 4 is 41.5 Å². The lowest BCUT2D eigenvalue weighted by Gasteiger charge is -2.23. The molecule has 0 unspecified atom stereocenters. The van der Waals surface area contributed by atoms with Gasteiger partial charge in [0.1, 0.15) is 11.4 Å². The summed E-state index contributed by atoms with van der Waals surface area (Å²) in [7, 11) is 0. The van der Waals surface area contributed by atoms with Gasteiger partial charge in [0.25, 0.3) is 5.91 Å². The fraction of sp³-hybridized carbons (Fsp3) is 0.304. The van der Waals surface area contributed by atoms with Gasteiger partial charge in [-0.1, -0.05) is 24.3 Å². The molecule has 1 aliphatic heterocycles. The molecule has 2 N–H and O–H groups in total. The van der Waals surface area contributed by atoms with Crippen LogP contribution in [0.15, 0.2) is 54.6 Å². The third-order valence-corrected chi connectivity index (χ3v) is 5.09. The van der Waals surface area contributed by atoms with Crippen molar-refractivity contribution < 1.29 is 9.53 Å². The molecule has 1 aromatic heterocycles. The highest BCUT2D eigenvalue weighted by molar-refractivity contribution is 6.06. The number of aromatic nitrogens is 1. The molecule has 1 amide bonds. The first kappa shape index (κ1) is 23.9. The summed E-state index contributed by atoms with van der Waals surface area (Å²) >= 11 is 0. The van der Waals surface area contributed by atoms with Crippen LogP contribution in [0.3, 0.4) is 0 Å². The summed E-state index contributed by atoms with van der Waals surface area (Å²) in [6.45, 7) is 4.47. The zero-order chi connectivity index (χ0) is 19.3. The Hall–Kier alpha value is -2.34. The number of carbonyl (C=O) groups excluding carboxylic acids is 1. The fourth-order valence-electron chi connectivity index (χ4n) is 3.63. The molecule has 7 heteroatoms. The van der Waals surface area contributed by atoms with E-state index in [2.05, 4.69) is 10.6 Å². The van der Waals surface area contributed by atoms with Gasteiger partial charge in [-0.05, 0) is 68.6 Å². The highest BCUT2D eigenvalue weighted by Crippen LogP contribution is 2.26. The Balaban J connectivity index is 0.00000160. The van der Waals surface area contributed by atoms with Gasteiger partial charge >= 0.3 is 0 Å². The van der Waals surface area contributed by atoms with Crippen LogP contribution >= 0.6 is 24.8 Å². The van der Waals surface area contributed by atoms with Gasteiger partial charge in [-0.2, -0.15) is 0 Å². The third kappa shape index (κ3) is 5.42. The van der Waals surface area contributed by atoms with Gasteiger partial charge < -0.3 is 15.4 Å². The number of nitrogens with zero attached hydrogens (tertiary/aromatic N) is 1. The van der Waals surface area contributed by atoms with Crippen molar-refractivity contribution in [2.75, 3.05) is 19.7 Å². The average Bonchev–Trinajstić information content (AvgIpc) is 2.74. The molecule has 4 rings (SSSR count). The number of nitrogens with one attached hydrogen (secondary N) is 2. The molecule has 1 fully saturated rings. The van der Waals surface area contributed by atoms with E-state index < -0.39 is 0 Å². The molecule has 30 heavy (non-hydrogen) atoms. The monoisotopic (exact) mass is 447 g/mol. The predicted octanol–water partition coefficient (Wildman–Crippen LogP) is 4.63. The Morgan fingerprint density at radius 2 is 1.80 bits per heavy atom. The second-order valence-corrected chi connectivity index (χ2v) is 7.03. The van der Waals surface area contributed by atoms with E-state index in [1.807, 2.05) is 61.5 Å². The molecule has 0 atom stereocenters. The van der Waals surface area contributed by atoms with Crippen LogP contribution in [0.25, 0.3) is 22.0 Å². The van der Waals surface area contributed by atoms with E-state index in [4.69, 9.17) is 9.72 Å². The molecule has 1 saturated heterocycles. The van der Waals surface area contributed by atoms with Crippen molar-refractivity contribution in [1.29, 1.82) is 0 Å². The summed E-state index contributed by atoms with van der Waals surface area (Å²) < 4.78 is 5.52. The lowest BCUT2D eigenvalue weighted by molar-refractivity contribution is 0.0926. The number of piperidine rings is 1. The number of hydrogen-bond donors (Lipinski definition) is 2. The first-order chi connectivity index (χ1) is 13.7. The van der Waals surface area contributed by atoms with Crippen LogP contribution in [0, 0.1) is 0 Å². The summed E-state index contributed by atoms with van der Waals surface area (Å²) in [5.74, 6) is 0.729. The van der Waals surface area contributed by atoms with Crippen LogP contribution in [0.2, 0.25) is 0 Å². The smallest absolute Gasteiger partial charge is 0.270 e. The summed E-state index contributed by atoms with van der Waals surface area (Å²) in [6, 6.07) is 18.0. The number of ether oxygens (including phenoxy) is 1. The van der Waals surface area contributed by atoms with Gasteiger partial charge in [-0.15, -0.1) is 24.8 Å². The normalized spacial score (nSPS) is 13.8. The second-order valence-electron chi connectivity index (χ2n) is 7.03. The minimum atomic E-state index is -0.101. The number of benzene rings is 2. The summed E-state index contributed by atoms with van der Waals surface area (Å²) in [5.41, 5.74) is 2.24. The Morgan fingerprint density at radius 1 is 1.10 bits per heavy atom. The fourth-order valence-corrected chi connectivity index (χ4v) is 3.63. The lowest BCUT2D eigenvalue weighted by Crippen LogP contribution is -2.43. The van der Waals surface area contributed by atoms with Crippen molar-refractivity contribution in [3.05, 3.63) is 60.3 Å². The molecule has 2 heterocycles. The number of carbonyl (C=O) groups is 1. The largest absolute Gasteiger partial charge is 0.494 e. The van der Waals surface area contributed by atoms with Gasteiger partial charge in [0.2, 0.25) is 0 Å². The first-order valence-corrected chi connectivity index (χ1v) is 9.89. The maximum absolute atomic E-state index is 13.0. The number of rotatable bonds is 5. The minimum absolute atomic E-state index is 0. The maximum Gasteiger partial charge on any atom is 0.270 e. The van der Waals surface area contributed by atoms with Crippen molar-refractivity contribution in [2.24, 2.45) is 0 Å². The average molecular weight is 448 g/mol. The van der Waals surface area contributed by atoms with Crippen LogP contribution < -0.4 is 15.4 Å². The van der Waals surface area contributed by atoms with E-state index >= 15 is 0 Å². The Bertz CT molecular complexity index is 974. The SMILES string of the molecule is CCOc1ccc(-c2cc3ccccc3c(C(=O)NC3CCNCC3)n2)cc1.Cl.Cl. The van der Waals surface area contributed by atoms with Crippen LogP contribution in [0.5, 0.6) is 5.75 Å². The molecule has 3 aromatic rings. The molecule has 160 valence electrons. The van der Waals surface area contributed by atoms with Gasteiger partial charge in [0, 0.05) is 17.0 Å². The molecule has 0 bridgehead atoms. The topological polar surface area (TPSA) is 63.2 Å². The standard InChI is InChI=1S/C23H25N3O2.2ClH/c1-2-28-19-9-7-16(8-10-19)21-15-17-5-3-4-6-20(17)22(26-21)23(27)25-18-11-13-24-14-12-18;;/h3-10,15,18,24H,2,11-14H2,1H3,(H,25,27);2*1H. The number of fused-ring (bicyclic) bond motifs is 1. The van der Waals surface area contributed by atoms with Gasteiger partial charge in [0.05, 0.1) is 12.3 Å². The molecule has 0 aliphatic carbocycles. The summed E-state index contributed by atoms with van der Waals surface area (Å²) in [5, 5.41) is 8.38. The first-order valence-electron chi connectivity index (χ1n) is 9.89. The van der Waals surface area contributed by atoms with E-state index in [1.54, 1.807) is 0 Å². The lowest BCUT2D eigenvalue weighted by atomic mass is 10.0. The Labute approximate surface area is 189 Å². The maximum atomic E-state index is 13.0. The summed E-state index contributed by atoms with van der Waals surface area (Å²) in [6.07, 6.45) is 1.89. The Kier molecular flexibility index (Phi) is 8.90. The van der Waals surface area contributed by atoms with E-state index in [1.165, 1.54) is 0 Å². The second kappa shape index (κ2) is 11.2. The number of hydrogen-bond acceptors (Lipinski definition) is 4. The van der Waals surface area contributed by atoms with Gasteiger partial charge in [-0.3, -0.25) is 4.79 Å². The highest BCUT2D eigenvalue weighted by atomic mass is 35.5. The Morgan fingerprint density at radius 3 is 2.50 bits per heavy atom. The quantitative estimate of drug-likeness (QED) is 0.598. The zero-order valence-electron chi connectivity index (χ0n) is 16.9. The van der Waals surface area contributed by atoms with Gasteiger partial charge in [0.15, 0.2) is 0 Å². The van der Waals surface area contributed by atoms with E-state index in [-0.39, 0.29) is 36.8 Å². The third-order valence-electron chi connectivity index (χ3n) is 5.09. The molecular formula is C23H27Cl2N3O2. The van der Waals surface area contributed by atoms with Crippen LogP contribution in [-0.2, 0) is 0 Å². The molecule has 0 radical (unpaired) electrons. The molecule has 5 nitrogen and oxygen atoms in total. The van der Waals surface area contributed by atoms with Crippen LogP contribution in [0.4, 0.5) is 0 Å². The zero-order valence-corrected chi connectivity index (χ0v) is 18.5. The minimum Gasteiger partial charge on any atom is -0.494 e. The molecule has 0 saturated carbocycles. The van der Waals surface area contributed by atoms with Crippen molar-refractivity contribution in [3.8, 4) is 17.0 Å². The van der Waals surface area contributed by atoms with Crippen molar-refractivity contribution in [3.63, 3.8) is 0 Å². The summed E-state index contributed by atoms with van der Waals surface area (Å²) in [4.78, 5) is 17.8. The van der Waals surface area contributed by atoms with Crippen molar-refractivity contribution in [1.82, 2.24) is 15.6 Å². The van der Waals surface area contributed by atoms with Crippen molar-refractivity contribution in [2.45, 2.75) is 25.8 Å². The molecule has 1 aliphatic rings. The molecule has 0 spiro atoms. The van der Waals surface area contributed by atoms with E-state index in [9.17, 15) is 4.79 Å². The van der Waals surface area contributed by atoms with Gasteiger partial charge in [-0.25, -0.2) is 4.98 Å². The highest BCUT2D eigenvalue weighted by Gasteiger charge is 2.20.